The fraction of sp³-hybridized carbons (Fsp3) is 1.00. The van der Waals surface area contributed by atoms with E-state index in [1.165, 1.54) is 0 Å². The van der Waals surface area contributed by atoms with Crippen LogP contribution in [-0.4, -0.2) is 42.7 Å². The van der Waals surface area contributed by atoms with E-state index in [4.69, 9.17) is 5.73 Å². The van der Waals surface area contributed by atoms with Crippen molar-refractivity contribution in [3.8, 4) is 0 Å². The van der Waals surface area contributed by atoms with Crippen molar-refractivity contribution in [1.82, 2.24) is 10.2 Å². The van der Waals surface area contributed by atoms with Gasteiger partial charge in [0.05, 0.1) is 0 Å². The number of hydrogen-bond acceptors (Lipinski definition) is 3. The fourth-order valence-electron chi connectivity index (χ4n) is 1.81. The smallest absolute Gasteiger partial charge is 0.0252 e. The molecule has 1 unspecified atom stereocenters. The lowest BCUT2D eigenvalue weighted by atomic mass is 10.0. The first kappa shape index (κ1) is 9.96. The van der Waals surface area contributed by atoms with E-state index in [9.17, 15) is 0 Å². The summed E-state index contributed by atoms with van der Waals surface area (Å²) < 4.78 is 0. The lowest BCUT2D eigenvalue weighted by Gasteiger charge is -2.39. The second kappa shape index (κ2) is 3.73. The van der Waals surface area contributed by atoms with Crippen LogP contribution in [0.1, 0.15) is 20.8 Å². The van der Waals surface area contributed by atoms with Gasteiger partial charge in [0.1, 0.15) is 0 Å². The summed E-state index contributed by atoms with van der Waals surface area (Å²) >= 11 is 0. The van der Waals surface area contributed by atoms with E-state index in [1.54, 1.807) is 0 Å². The van der Waals surface area contributed by atoms with Crippen LogP contribution >= 0.6 is 0 Å². The van der Waals surface area contributed by atoms with Crippen molar-refractivity contribution in [2.24, 2.45) is 5.73 Å². The normalized spacial score (nSPS) is 27.0. The van der Waals surface area contributed by atoms with Crippen LogP contribution in [0.5, 0.6) is 0 Å². The van der Waals surface area contributed by atoms with Gasteiger partial charge in [-0.05, 0) is 20.8 Å². The van der Waals surface area contributed by atoms with Gasteiger partial charge in [-0.1, -0.05) is 0 Å². The first-order valence-electron chi connectivity index (χ1n) is 4.72. The van der Waals surface area contributed by atoms with Gasteiger partial charge in [0.15, 0.2) is 0 Å². The lowest BCUT2D eigenvalue weighted by molar-refractivity contribution is 0.149. The van der Waals surface area contributed by atoms with Crippen molar-refractivity contribution in [3.63, 3.8) is 0 Å². The van der Waals surface area contributed by atoms with E-state index < -0.39 is 0 Å². The van der Waals surface area contributed by atoms with E-state index in [2.05, 4.69) is 31.0 Å². The molecule has 1 heterocycles. The van der Waals surface area contributed by atoms with Crippen LogP contribution in [-0.2, 0) is 0 Å². The molecule has 3 heteroatoms. The minimum atomic E-state index is 0.257. The summed E-state index contributed by atoms with van der Waals surface area (Å²) in [4.78, 5) is 2.43. The van der Waals surface area contributed by atoms with Crippen molar-refractivity contribution < 1.29 is 0 Å². The van der Waals surface area contributed by atoms with Crippen molar-refractivity contribution >= 4 is 0 Å². The van der Waals surface area contributed by atoms with Crippen molar-refractivity contribution in [1.29, 1.82) is 0 Å². The monoisotopic (exact) mass is 171 g/mol. The molecule has 1 aliphatic heterocycles. The molecule has 0 amide bonds. The maximum atomic E-state index is 5.75. The summed E-state index contributed by atoms with van der Waals surface area (Å²) in [5.74, 6) is 0. The largest absolute Gasteiger partial charge is 0.327 e. The number of nitrogens with two attached hydrogens (primary N) is 1. The molecule has 3 nitrogen and oxygen atoms in total. The number of piperazine rings is 1. The highest BCUT2D eigenvalue weighted by atomic mass is 15.2. The summed E-state index contributed by atoms with van der Waals surface area (Å²) in [7, 11) is 0. The zero-order valence-corrected chi connectivity index (χ0v) is 8.43. The molecule has 1 rings (SSSR count). The standard InChI is InChI=1S/C9H21N3/c1-8(10)6-12-5-4-11-9(2,3)7-12/h8,11H,4-7,10H2,1-3H3. The van der Waals surface area contributed by atoms with Crippen LogP contribution in [0.4, 0.5) is 0 Å². The molecule has 0 aromatic heterocycles. The summed E-state index contributed by atoms with van der Waals surface area (Å²) in [5, 5.41) is 3.48. The molecular weight excluding hydrogens is 150 g/mol. The highest BCUT2D eigenvalue weighted by Crippen LogP contribution is 2.09. The van der Waals surface area contributed by atoms with E-state index in [0.717, 1.165) is 26.2 Å². The minimum absolute atomic E-state index is 0.257. The maximum Gasteiger partial charge on any atom is 0.0252 e. The predicted molar refractivity (Wildman–Crippen MR) is 52.2 cm³/mol. The maximum absolute atomic E-state index is 5.75. The molecule has 0 saturated carbocycles. The van der Waals surface area contributed by atoms with Gasteiger partial charge in [0.25, 0.3) is 0 Å². The summed E-state index contributed by atoms with van der Waals surface area (Å²) in [6.45, 7) is 10.9. The Bertz CT molecular complexity index is 143. The molecule has 1 saturated heterocycles. The molecule has 72 valence electrons. The summed E-state index contributed by atoms with van der Waals surface area (Å²) in [6.07, 6.45) is 0. The number of hydrogen-bond donors (Lipinski definition) is 2. The Balaban J connectivity index is 2.36. The zero-order valence-electron chi connectivity index (χ0n) is 8.43. The zero-order chi connectivity index (χ0) is 9.19. The third-order valence-corrected chi connectivity index (χ3v) is 2.20. The van der Waals surface area contributed by atoms with E-state index in [1.807, 2.05) is 0 Å². The summed E-state index contributed by atoms with van der Waals surface area (Å²) in [5.41, 5.74) is 6.01. The van der Waals surface area contributed by atoms with Crippen LogP contribution in [0.2, 0.25) is 0 Å². The lowest BCUT2D eigenvalue weighted by Crippen LogP contribution is -2.58. The Labute approximate surface area is 75.3 Å². The predicted octanol–water partition coefficient (Wildman–Crippen LogP) is 0.0174. The van der Waals surface area contributed by atoms with Gasteiger partial charge in [-0.3, -0.25) is 4.90 Å². The Morgan fingerprint density at radius 2 is 2.25 bits per heavy atom. The van der Waals surface area contributed by atoms with Crippen LogP contribution < -0.4 is 11.1 Å². The molecule has 1 fully saturated rings. The average molecular weight is 171 g/mol. The van der Waals surface area contributed by atoms with E-state index >= 15 is 0 Å². The van der Waals surface area contributed by atoms with Gasteiger partial charge < -0.3 is 11.1 Å². The average Bonchev–Trinajstić information content (AvgIpc) is 1.82. The molecule has 1 atom stereocenters. The number of nitrogens with zero attached hydrogens (tertiary/aromatic N) is 1. The Morgan fingerprint density at radius 1 is 1.58 bits per heavy atom. The fourth-order valence-corrected chi connectivity index (χ4v) is 1.81. The first-order valence-corrected chi connectivity index (χ1v) is 4.72. The van der Waals surface area contributed by atoms with Gasteiger partial charge in [-0.15, -0.1) is 0 Å². The highest BCUT2D eigenvalue weighted by Gasteiger charge is 2.25. The van der Waals surface area contributed by atoms with Crippen LogP contribution in [0.3, 0.4) is 0 Å². The van der Waals surface area contributed by atoms with E-state index in [0.29, 0.717) is 6.04 Å². The molecule has 0 aromatic carbocycles. The van der Waals surface area contributed by atoms with E-state index in [-0.39, 0.29) is 5.54 Å². The molecule has 3 N–H and O–H groups in total. The quantitative estimate of drug-likeness (QED) is 0.615. The molecule has 0 radical (unpaired) electrons. The third kappa shape index (κ3) is 3.09. The molecule has 1 aliphatic rings. The number of rotatable bonds is 2. The Kier molecular flexibility index (Phi) is 3.09. The molecule has 0 bridgehead atoms. The topological polar surface area (TPSA) is 41.3 Å². The minimum Gasteiger partial charge on any atom is -0.327 e. The van der Waals surface area contributed by atoms with Crippen molar-refractivity contribution in [2.75, 3.05) is 26.2 Å². The summed E-state index contributed by atoms with van der Waals surface area (Å²) in [6, 6.07) is 0.291. The first-order chi connectivity index (χ1) is 5.49. The van der Waals surface area contributed by atoms with Gasteiger partial charge >= 0.3 is 0 Å². The van der Waals surface area contributed by atoms with Crippen LogP contribution in [0, 0.1) is 0 Å². The highest BCUT2D eigenvalue weighted by molar-refractivity contribution is 4.87. The molecule has 0 spiro atoms. The second-order valence-electron chi connectivity index (χ2n) is 4.52. The van der Waals surface area contributed by atoms with Crippen molar-refractivity contribution in [2.45, 2.75) is 32.4 Å². The molecular formula is C9H21N3. The van der Waals surface area contributed by atoms with Gasteiger partial charge in [0.2, 0.25) is 0 Å². The van der Waals surface area contributed by atoms with Crippen LogP contribution in [0.25, 0.3) is 0 Å². The Hall–Kier alpha value is -0.120. The Morgan fingerprint density at radius 3 is 2.75 bits per heavy atom. The SMILES string of the molecule is CC(N)CN1CCNC(C)(C)C1. The number of nitrogens with one attached hydrogen (secondary N) is 1. The van der Waals surface area contributed by atoms with Gasteiger partial charge in [0, 0.05) is 37.8 Å². The second-order valence-corrected chi connectivity index (χ2v) is 4.52. The third-order valence-electron chi connectivity index (χ3n) is 2.20. The molecule has 0 aliphatic carbocycles. The van der Waals surface area contributed by atoms with Gasteiger partial charge in [-0.25, -0.2) is 0 Å². The molecule has 12 heavy (non-hydrogen) atoms. The molecule has 0 aromatic rings. The van der Waals surface area contributed by atoms with Crippen molar-refractivity contribution in [3.05, 3.63) is 0 Å². The van der Waals surface area contributed by atoms with Crippen LogP contribution in [0.15, 0.2) is 0 Å². The van der Waals surface area contributed by atoms with Gasteiger partial charge in [-0.2, -0.15) is 0 Å².